The van der Waals surface area contributed by atoms with Gasteiger partial charge in [-0.1, -0.05) is 17.7 Å². The third-order valence-corrected chi connectivity index (χ3v) is 4.49. The van der Waals surface area contributed by atoms with Crippen LogP contribution in [-0.2, 0) is 0 Å². The Labute approximate surface area is 138 Å². The molecule has 1 saturated heterocycles. The third-order valence-electron chi connectivity index (χ3n) is 4.30. The molecule has 2 atom stereocenters. The Morgan fingerprint density at radius 1 is 1.17 bits per heavy atom. The first-order valence-electron chi connectivity index (χ1n) is 7.51. The number of aliphatic hydroxyl groups is 1. The highest BCUT2D eigenvalue weighted by atomic mass is 35.5. The lowest BCUT2D eigenvalue weighted by molar-refractivity contribution is 0.129. The molecule has 4 rings (SSSR count). The number of β-amino-alcohol motifs (C(OH)–C–C–N with tert-alkyl or cyclic N) is 1. The number of halogens is 1. The summed E-state index contributed by atoms with van der Waals surface area (Å²) >= 11 is 5.81. The molecule has 0 bridgehead atoms. The van der Waals surface area contributed by atoms with Crippen LogP contribution in [0.5, 0.6) is 11.5 Å². The van der Waals surface area contributed by atoms with Gasteiger partial charge in [-0.05, 0) is 24.1 Å². The lowest BCUT2D eigenvalue weighted by Crippen LogP contribution is -2.43. The summed E-state index contributed by atoms with van der Waals surface area (Å²) in [7, 11) is 0. The van der Waals surface area contributed by atoms with E-state index in [4.69, 9.17) is 21.1 Å². The summed E-state index contributed by atoms with van der Waals surface area (Å²) in [6, 6.07) is 5.86. The molecule has 0 unspecified atom stereocenters. The van der Waals surface area contributed by atoms with Crippen molar-refractivity contribution in [1.29, 1.82) is 0 Å². The largest absolute Gasteiger partial charge is 0.454 e. The number of piperidine rings is 1. The molecular weight excluding hydrogens is 318 g/mol. The number of anilines is 1. The smallest absolute Gasteiger partial charge is 0.231 e. The summed E-state index contributed by atoms with van der Waals surface area (Å²) < 4.78 is 10.8. The van der Waals surface area contributed by atoms with Gasteiger partial charge in [0.25, 0.3) is 0 Å². The average Bonchev–Trinajstić information content (AvgIpc) is 3.03. The number of hydrogen-bond donors (Lipinski definition) is 1. The van der Waals surface area contributed by atoms with Crippen LogP contribution in [0.4, 0.5) is 5.95 Å². The molecule has 0 radical (unpaired) electrons. The predicted molar refractivity (Wildman–Crippen MR) is 85.2 cm³/mol. The second kappa shape index (κ2) is 5.86. The van der Waals surface area contributed by atoms with E-state index in [0.717, 1.165) is 30.0 Å². The summed E-state index contributed by atoms with van der Waals surface area (Å²) in [5.74, 6) is 2.17. The molecule has 0 saturated carbocycles. The van der Waals surface area contributed by atoms with Gasteiger partial charge in [-0.3, -0.25) is 0 Å². The SMILES string of the molecule is O[C@@H]1CN(c2ncc(Cl)cn2)CC[C@H]1c1ccc2c(c1)OCO2. The first-order valence-corrected chi connectivity index (χ1v) is 7.88. The fraction of sp³-hybridized carbons (Fsp3) is 0.375. The maximum Gasteiger partial charge on any atom is 0.231 e. The highest BCUT2D eigenvalue weighted by Gasteiger charge is 2.31. The number of hydrogen-bond acceptors (Lipinski definition) is 6. The Balaban J connectivity index is 1.50. The van der Waals surface area contributed by atoms with E-state index in [1.54, 1.807) is 12.4 Å². The van der Waals surface area contributed by atoms with Crippen molar-refractivity contribution in [3.8, 4) is 11.5 Å². The van der Waals surface area contributed by atoms with Gasteiger partial charge in [0.05, 0.1) is 23.5 Å². The fourth-order valence-electron chi connectivity index (χ4n) is 3.11. The number of fused-ring (bicyclic) bond motifs is 1. The van der Waals surface area contributed by atoms with E-state index >= 15 is 0 Å². The van der Waals surface area contributed by atoms with E-state index in [9.17, 15) is 5.11 Å². The van der Waals surface area contributed by atoms with E-state index in [0.29, 0.717) is 17.5 Å². The molecule has 120 valence electrons. The van der Waals surface area contributed by atoms with Gasteiger partial charge in [-0.15, -0.1) is 0 Å². The zero-order valence-corrected chi connectivity index (χ0v) is 13.1. The number of aliphatic hydroxyl groups excluding tert-OH is 1. The van der Waals surface area contributed by atoms with E-state index in [-0.39, 0.29) is 12.7 Å². The lowest BCUT2D eigenvalue weighted by atomic mass is 9.87. The molecule has 0 aliphatic carbocycles. The minimum Gasteiger partial charge on any atom is -0.454 e. The molecule has 2 aliphatic rings. The minimum atomic E-state index is -0.497. The highest BCUT2D eigenvalue weighted by molar-refractivity contribution is 6.30. The molecule has 0 amide bonds. The normalized spacial score (nSPS) is 23.1. The Kier molecular flexibility index (Phi) is 3.71. The van der Waals surface area contributed by atoms with Gasteiger partial charge in [-0.2, -0.15) is 0 Å². The van der Waals surface area contributed by atoms with Gasteiger partial charge >= 0.3 is 0 Å². The van der Waals surface area contributed by atoms with Gasteiger partial charge in [0.2, 0.25) is 12.7 Å². The van der Waals surface area contributed by atoms with Crippen molar-refractivity contribution in [2.75, 3.05) is 24.8 Å². The van der Waals surface area contributed by atoms with Crippen molar-refractivity contribution in [2.45, 2.75) is 18.4 Å². The van der Waals surface area contributed by atoms with Gasteiger partial charge in [0, 0.05) is 19.0 Å². The summed E-state index contributed by atoms with van der Waals surface area (Å²) in [6.45, 7) is 1.52. The number of ether oxygens (including phenoxy) is 2. The van der Waals surface area contributed by atoms with Crippen LogP contribution in [-0.4, -0.2) is 41.1 Å². The first kappa shape index (κ1) is 14.5. The van der Waals surface area contributed by atoms with E-state index in [2.05, 4.69) is 9.97 Å². The minimum absolute atomic E-state index is 0.0630. The van der Waals surface area contributed by atoms with Crippen LogP contribution in [0.25, 0.3) is 0 Å². The molecule has 0 spiro atoms. The highest BCUT2D eigenvalue weighted by Crippen LogP contribution is 2.37. The van der Waals surface area contributed by atoms with Gasteiger partial charge < -0.3 is 19.5 Å². The molecule has 1 fully saturated rings. The Hall–Kier alpha value is -2.05. The first-order chi connectivity index (χ1) is 11.2. The van der Waals surface area contributed by atoms with Crippen LogP contribution in [0.2, 0.25) is 5.02 Å². The van der Waals surface area contributed by atoms with Crippen LogP contribution in [0.15, 0.2) is 30.6 Å². The number of nitrogens with zero attached hydrogens (tertiary/aromatic N) is 3. The summed E-state index contributed by atoms with van der Waals surface area (Å²) in [5.41, 5.74) is 1.07. The average molecular weight is 334 g/mol. The molecule has 6 nitrogen and oxygen atoms in total. The van der Waals surface area contributed by atoms with Crippen molar-refractivity contribution in [3.05, 3.63) is 41.2 Å². The van der Waals surface area contributed by atoms with Gasteiger partial charge in [0.1, 0.15) is 0 Å². The van der Waals surface area contributed by atoms with Crippen molar-refractivity contribution in [2.24, 2.45) is 0 Å². The second-order valence-electron chi connectivity index (χ2n) is 5.72. The number of aromatic nitrogens is 2. The summed E-state index contributed by atoms with van der Waals surface area (Å²) in [5, 5.41) is 11.1. The van der Waals surface area contributed by atoms with Crippen molar-refractivity contribution >= 4 is 17.5 Å². The summed E-state index contributed by atoms with van der Waals surface area (Å²) in [6.07, 6.45) is 3.45. The molecule has 1 aromatic heterocycles. The predicted octanol–water partition coefficient (Wildman–Crippen LogP) is 2.21. The molecule has 2 aliphatic heterocycles. The maximum atomic E-state index is 10.6. The zero-order chi connectivity index (χ0) is 15.8. The van der Waals surface area contributed by atoms with Crippen LogP contribution >= 0.6 is 11.6 Å². The van der Waals surface area contributed by atoms with E-state index in [1.165, 1.54) is 0 Å². The van der Waals surface area contributed by atoms with E-state index in [1.807, 2.05) is 23.1 Å². The molecule has 1 N–H and O–H groups in total. The van der Waals surface area contributed by atoms with Crippen molar-refractivity contribution < 1.29 is 14.6 Å². The van der Waals surface area contributed by atoms with Crippen LogP contribution in [0.1, 0.15) is 17.9 Å². The topological polar surface area (TPSA) is 67.7 Å². The molecule has 2 aromatic rings. The van der Waals surface area contributed by atoms with Crippen LogP contribution in [0, 0.1) is 0 Å². The molecule has 3 heterocycles. The second-order valence-corrected chi connectivity index (χ2v) is 6.16. The lowest BCUT2D eigenvalue weighted by Gasteiger charge is -2.36. The molecule has 1 aromatic carbocycles. The molecule has 23 heavy (non-hydrogen) atoms. The van der Waals surface area contributed by atoms with Crippen molar-refractivity contribution in [3.63, 3.8) is 0 Å². The maximum absolute atomic E-state index is 10.6. The number of benzene rings is 1. The Bertz CT molecular complexity index is 710. The fourth-order valence-corrected chi connectivity index (χ4v) is 3.21. The van der Waals surface area contributed by atoms with E-state index < -0.39 is 6.10 Å². The Morgan fingerprint density at radius 3 is 2.74 bits per heavy atom. The van der Waals surface area contributed by atoms with Gasteiger partial charge in [-0.25, -0.2) is 9.97 Å². The quantitative estimate of drug-likeness (QED) is 0.909. The van der Waals surface area contributed by atoms with Gasteiger partial charge in [0.15, 0.2) is 11.5 Å². The zero-order valence-electron chi connectivity index (χ0n) is 12.4. The van der Waals surface area contributed by atoms with Crippen LogP contribution in [0.3, 0.4) is 0 Å². The summed E-state index contributed by atoms with van der Waals surface area (Å²) in [4.78, 5) is 10.4. The Morgan fingerprint density at radius 2 is 1.96 bits per heavy atom. The van der Waals surface area contributed by atoms with Crippen molar-refractivity contribution in [1.82, 2.24) is 9.97 Å². The third kappa shape index (κ3) is 2.80. The monoisotopic (exact) mass is 333 g/mol. The number of rotatable bonds is 2. The molecule has 7 heteroatoms. The van der Waals surface area contributed by atoms with Crippen LogP contribution < -0.4 is 14.4 Å². The standard InChI is InChI=1S/C16H16ClN3O3/c17-11-6-18-16(19-7-11)20-4-3-12(13(21)8-20)10-1-2-14-15(5-10)23-9-22-14/h1-2,5-7,12-13,21H,3-4,8-9H2/t12-,13+/m0/s1. The molecular formula is C16H16ClN3O3.